The minimum atomic E-state index is 0.317. The topological polar surface area (TPSA) is 46.2 Å². The van der Waals surface area contributed by atoms with Crippen molar-refractivity contribution in [3.05, 3.63) is 23.6 Å². The van der Waals surface area contributed by atoms with Crippen LogP contribution in [0.5, 0.6) is 5.75 Å². The highest BCUT2D eigenvalue weighted by Gasteiger charge is 2.00. The fraction of sp³-hybridized carbons (Fsp3) is 0. The van der Waals surface area contributed by atoms with Crippen LogP contribution in [0.2, 0.25) is 0 Å². The van der Waals surface area contributed by atoms with E-state index < -0.39 is 0 Å². The first-order chi connectivity index (χ1) is 5.27. The van der Waals surface area contributed by atoms with E-state index in [1.165, 1.54) is 11.3 Å². The molecular weight excluding hydrogens is 158 g/mol. The van der Waals surface area contributed by atoms with Crippen LogP contribution in [0.15, 0.2) is 23.6 Å². The van der Waals surface area contributed by atoms with E-state index in [-0.39, 0.29) is 0 Å². The molecule has 1 aromatic heterocycles. The van der Waals surface area contributed by atoms with Gasteiger partial charge in [0.1, 0.15) is 5.75 Å². The summed E-state index contributed by atoms with van der Waals surface area (Å²) in [5, 5.41) is 11.8. The lowest BCUT2D eigenvalue weighted by molar-refractivity contribution is 0.484. The quantitative estimate of drug-likeness (QED) is 0.588. The molecule has 2 aromatic rings. The molecule has 3 heteroatoms. The highest BCUT2D eigenvalue weighted by molar-refractivity contribution is 7.17. The average Bonchev–Trinajstić information content (AvgIpc) is 2.33. The molecule has 0 aliphatic rings. The van der Waals surface area contributed by atoms with E-state index in [0.29, 0.717) is 11.4 Å². The third kappa shape index (κ3) is 0.935. The summed E-state index contributed by atoms with van der Waals surface area (Å²) in [4.78, 5) is 0. The molecule has 0 saturated heterocycles. The zero-order valence-electron chi connectivity index (χ0n) is 5.74. The Labute approximate surface area is 67.9 Å². The smallest absolute Gasteiger partial charge is 0.134 e. The number of fused-ring (bicyclic) bond motifs is 1. The molecule has 0 aliphatic heterocycles. The van der Waals surface area contributed by atoms with Crippen LogP contribution in [-0.4, -0.2) is 5.11 Å². The molecule has 0 fully saturated rings. The molecule has 1 aromatic carbocycles. The maximum absolute atomic E-state index is 9.29. The van der Waals surface area contributed by atoms with Crippen LogP contribution < -0.4 is 5.73 Å². The number of rotatable bonds is 0. The van der Waals surface area contributed by atoms with Crippen LogP contribution in [0.25, 0.3) is 10.1 Å². The van der Waals surface area contributed by atoms with Gasteiger partial charge >= 0.3 is 0 Å². The van der Waals surface area contributed by atoms with Crippen molar-refractivity contribution in [2.75, 3.05) is 5.73 Å². The van der Waals surface area contributed by atoms with E-state index in [9.17, 15) is 5.11 Å². The van der Waals surface area contributed by atoms with E-state index in [1.54, 1.807) is 11.4 Å². The van der Waals surface area contributed by atoms with Crippen molar-refractivity contribution >= 4 is 27.1 Å². The van der Waals surface area contributed by atoms with Crippen molar-refractivity contribution in [1.82, 2.24) is 0 Å². The molecule has 2 nitrogen and oxygen atoms in total. The Morgan fingerprint density at radius 2 is 2.18 bits per heavy atom. The van der Waals surface area contributed by atoms with Gasteiger partial charge in [-0.15, -0.1) is 11.3 Å². The molecule has 0 spiro atoms. The second-order valence-corrected chi connectivity index (χ2v) is 3.29. The molecule has 11 heavy (non-hydrogen) atoms. The van der Waals surface area contributed by atoms with Crippen LogP contribution in [-0.2, 0) is 0 Å². The predicted octanol–water partition coefficient (Wildman–Crippen LogP) is 2.19. The maximum Gasteiger partial charge on any atom is 0.134 e. The Morgan fingerprint density at radius 1 is 1.36 bits per heavy atom. The van der Waals surface area contributed by atoms with Gasteiger partial charge in [-0.25, -0.2) is 0 Å². The Balaban J connectivity index is 2.87. The fourth-order valence-electron chi connectivity index (χ4n) is 1.03. The van der Waals surface area contributed by atoms with Crippen molar-refractivity contribution in [2.45, 2.75) is 0 Å². The summed E-state index contributed by atoms with van der Waals surface area (Å²) < 4.78 is 1.07. The number of anilines is 1. The molecule has 0 aliphatic carbocycles. The highest BCUT2D eigenvalue weighted by Crippen LogP contribution is 2.31. The number of aromatic hydroxyl groups is 1. The molecule has 3 N–H and O–H groups in total. The lowest BCUT2D eigenvalue weighted by Gasteiger charge is -1.92. The number of hydrogen-bond acceptors (Lipinski definition) is 3. The zero-order chi connectivity index (χ0) is 7.84. The highest BCUT2D eigenvalue weighted by atomic mass is 32.1. The number of thiophene rings is 1. The molecule has 56 valence electrons. The molecule has 0 amide bonds. The summed E-state index contributed by atoms with van der Waals surface area (Å²) in [7, 11) is 0. The Hall–Kier alpha value is -1.22. The van der Waals surface area contributed by atoms with Crippen molar-refractivity contribution in [3.8, 4) is 5.75 Å². The van der Waals surface area contributed by atoms with Gasteiger partial charge in [0.15, 0.2) is 0 Å². The number of nitrogen functional groups attached to an aromatic ring is 1. The van der Waals surface area contributed by atoms with Gasteiger partial charge in [-0.2, -0.15) is 0 Å². The van der Waals surface area contributed by atoms with Gasteiger partial charge in [0, 0.05) is 21.2 Å². The second kappa shape index (κ2) is 2.13. The normalized spacial score (nSPS) is 10.5. The van der Waals surface area contributed by atoms with Crippen LogP contribution in [0.3, 0.4) is 0 Å². The summed E-state index contributed by atoms with van der Waals surface area (Å²) in [6.45, 7) is 0. The van der Waals surface area contributed by atoms with E-state index in [4.69, 9.17) is 5.73 Å². The molecule has 0 unspecified atom stereocenters. The summed E-state index contributed by atoms with van der Waals surface area (Å²) in [5.74, 6) is 0.317. The largest absolute Gasteiger partial charge is 0.506 e. The van der Waals surface area contributed by atoms with Crippen LogP contribution in [0.4, 0.5) is 5.69 Å². The molecule has 2 rings (SSSR count). The SMILES string of the molecule is Nc1ccc2scc(O)c2c1. The molecule has 0 bridgehead atoms. The van der Waals surface area contributed by atoms with Crippen molar-refractivity contribution in [2.24, 2.45) is 0 Å². The van der Waals surface area contributed by atoms with Crippen LogP contribution in [0, 0.1) is 0 Å². The third-order valence-electron chi connectivity index (χ3n) is 1.58. The first-order valence-corrected chi connectivity index (χ1v) is 4.11. The second-order valence-electron chi connectivity index (χ2n) is 2.38. The zero-order valence-corrected chi connectivity index (χ0v) is 6.56. The number of hydrogen-bond donors (Lipinski definition) is 2. The number of nitrogens with two attached hydrogens (primary N) is 1. The van der Waals surface area contributed by atoms with Crippen molar-refractivity contribution < 1.29 is 5.11 Å². The van der Waals surface area contributed by atoms with Crippen LogP contribution >= 0.6 is 11.3 Å². The van der Waals surface area contributed by atoms with E-state index >= 15 is 0 Å². The molecule has 0 atom stereocenters. The molecule has 0 saturated carbocycles. The van der Waals surface area contributed by atoms with Gasteiger partial charge in [-0.1, -0.05) is 0 Å². The van der Waals surface area contributed by atoms with Gasteiger partial charge in [0.25, 0.3) is 0 Å². The summed E-state index contributed by atoms with van der Waals surface area (Å²) in [6, 6.07) is 5.52. The van der Waals surface area contributed by atoms with Gasteiger partial charge in [-0.3, -0.25) is 0 Å². The first kappa shape index (κ1) is 6.49. The lowest BCUT2D eigenvalue weighted by Crippen LogP contribution is -1.81. The Morgan fingerprint density at radius 3 is 3.00 bits per heavy atom. The van der Waals surface area contributed by atoms with Gasteiger partial charge in [0.05, 0.1) is 0 Å². The lowest BCUT2D eigenvalue weighted by atomic mass is 10.2. The summed E-state index contributed by atoms with van der Waals surface area (Å²) in [6.07, 6.45) is 0. The van der Waals surface area contributed by atoms with Crippen molar-refractivity contribution in [3.63, 3.8) is 0 Å². The average molecular weight is 165 g/mol. The standard InChI is InChI=1S/C8H7NOS/c9-5-1-2-8-6(3-5)7(10)4-11-8/h1-4,10H,9H2. The monoisotopic (exact) mass is 165 g/mol. The van der Waals surface area contributed by atoms with E-state index in [1.807, 2.05) is 12.1 Å². The predicted molar refractivity (Wildman–Crippen MR) is 47.9 cm³/mol. The molecule has 1 heterocycles. The number of benzene rings is 1. The molecule has 0 radical (unpaired) electrons. The van der Waals surface area contributed by atoms with Gasteiger partial charge in [-0.05, 0) is 18.2 Å². The first-order valence-electron chi connectivity index (χ1n) is 3.23. The minimum absolute atomic E-state index is 0.317. The Bertz CT molecular complexity index is 394. The van der Waals surface area contributed by atoms with Gasteiger partial charge < -0.3 is 10.8 Å². The fourth-order valence-corrected chi connectivity index (χ4v) is 1.84. The third-order valence-corrected chi connectivity index (χ3v) is 2.53. The summed E-state index contributed by atoms with van der Waals surface area (Å²) >= 11 is 1.52. The summed E-state index contributed by atoms with van der Waals surface area (Å²) in [5.41, 5.74) is 6.23. The maximum atomic E-state index is 9.29. The van der Waals surface area contributed by atoms with E-state index in [2.05, 4.69) is 0 Å². The van der Waals surface area contributed by atoms with Crippen LogP contribution in [0.1, 0.15) is 0 Å². The Kier molecular flexibility index (Phi) is 1.26. The molecular formula is C8H7NOS. The van der Waals surface area contributed by atoms with Crippen molar-refractivity contribution in [1.29, 1.82) is 0 Å². The minimum Gasteiger partial charge on any atom is -0.506 e. The van der Waals surface area contributed by atoms with Gasteiger partial charge in [0.2, 0.25) is 0 Å². The van der Waals surface area contributed by atoms with E-state index in [0.717, 1.165) is 10.1 Å².